The number of carbonyl (C=O) groups excluding carboxylic acids is 3. The first-order valence-corrected chi connectivity index (χ1v) is 8.42. The van der Waals surface area contributed by atoms with Crippen molar-refractivity contribution in [3.8, 4) is 0 Å². The highest BCUT2D eigenvalue weighted by molar-refractivity contribution is 5.91. The monoisotopic (exact) mass is 355 g/mol. The molecular weight excluding hydrogens is 326 g/mol. The zero-order chi connectivity index (χ0) is 19.4. The number of allylic oxidation sites excluding steroid dienone is 1. The summed E-state index contributed by atoms with van der Waals surface area (Å²) in [4.78, 5) is 36.2. The quantitative estimate of drug-likeness (QED) is 0.736. The van der Waals surface area contributed by atoms with Crippen molar-refractivity contribution < 1.29 is 28.6 Å². The molecule has 0 bridgehead atoms. The number of ketones is 1. The predicted molar refractivity (Wildman–Crippen MR) is 91.6 cm³/mol. The number of alkyl carbamates (subject to hydrolysis) is 1. The Kier molecular flexibility index (Phi) is 6.62. The van der Waals surface area contributed by atoms with Gasteiger partial charge in [-0.2, -0.15) is 0 Å². The van der Waals surface area contributed by atoms with Gasteiger partial charge in [0.1, 0.15) is 11.4 Å². The van der Waals surface area contributed by atoms with Gasteiger partial charge in [-0.05, 0) is 33.1 Å². The number of hydrogen-bond donors (Lipinski definition) is 1. The van der Waals surface area contributed by atoms with Crippen LogP contribution < -0.4 is 5.32 Å². The van der Waals surface area contributed by atoms with Gasteiger partial charge in [0.2, 0.25) is 5.79 Å². The highest BCUT2D eigenvalue weighted by atomic mass is 16.7. The molecule has 1 rings (SSSR count). The second-order valence-corrected chi connectivity index (χ2v) is 8.01. The molecule has 7 heteroatoms. The Morgan fingerprint density at radius 3 is 2.32 bits per heavy atom. The molecule has 1 N–H and O–H groups in total. The zero-order valence-corrected chi connectivity index (χ0v) is 16.1. The Bertz CT molecular complexity index is 556. The minimum atomic E-state index is -1.12. The highest BCUT2D eigenvalue weighted by Crippen LogP contribution is 2.25. The van der Waals surface area contributed by atoms with E-state index in [0.29, 0.717) is 6.42 Å². The van der Waals surface area contributed by atoms with Crippen LogP contribution in [0.2, 0.25) is 0 Å². The molecule has 0 spiro atoms. The third-order valence-electron chi connectivity index (χ3n) is 3.14. The van der Waals surface area contributed by atoms with Crippen molar-refractivity contribution >= 4 is 17.8 Å². The number of cyclic esters (lactones) is 1. The summed E-state index contributed by atoms with van der Waals surface area (Å²) in [7, 11) is 0. The van der Waals surface area contributed by atoms with E-state index in [-0.39, 0.29) is 23.9 Å². The number of ether oxygens (including phenoxy) is 3. The van der Waals surface area contributed by atoms with Gasteiger partial charge in [0, 0.05) is 13.8 Å². The smallest absolute Gasteiger partial charge is 0.408 e. The lowest BCUT2D eigenvalue weighted by Gasteiger charge is -2.31. The van der Waals surface area contributed by atoms with Crippen LogP contribution in [-0.2, 0) is 23.8 Å². The number of rotatable bonds is 6. The van der Waals surface area contributed by atoms with Crippen LogP contribution in [0.4, 0.5) is 4.79 Å². The Hall–Kier alpha value is -2.05. The molecule has 0 aromatic heterocycles. The largest absolute Gasteiger partial charge is 0.456 e. The van der Waals surface area contributed by atoms with Gasteiger partial charge in [0.05, 0.1) is 18.5 Å². The van der Waals surface area contributed by atoms with Gasteiger partial charge in [-0.25, -0.2) is 9.59 Å². The third kappa shape index (κ3) is 8.05. The minimum absolute atomic E-state index is 0.105. The average molecular weight is 355 g/mol. The predicted octanol–water partition coefficient (Wildman–Crippen LogP) is 3.08. The maximum atomic E-state index is 12.6. The maximum absolute atomic E-state index is 12.6. The Labute approximate surface area is 149 Å². The molecule has 142 valence electrons. The van der Waals surface area contributed by atoms with Gasteiger partial charge < -0.3 is 19.5 Å². The fourth-order valence-corrected chi connectivity index (χ4v) is 2.34. The summed E-state index contributed by atoms with van der Waals surface area (Å²) in [6, 6.07) is -0.722. The van der Waals surface area contributed by atoms with Crippen molar-refractivity contribution in [1.82, 2.24) is 5.32 Å². The highest BCUT2D eigenvalue weighted by Gasteiger charge is 2.33. The Morgan fingerprint density at radius 1 is 1.24 bits per heavy atom. The van der Waals surface area contributed by atoms with Gasteiger partial charge in [0.25, 0.3) is 0 Å². The molecule has 0 fully saturated rings. The van der Waals surface area contributed by atoms with Crippen molar-refractivity contribution in [2.24, 2.45) is 5.92 Å². The molecule has 25 heavy (non-hydrogen) atoms. The molecule has 0 saturated carbocycles. The van der Waals surface area contributed by atoms with Gasteiger partial charge in [-0.3, -0.25) is 4.79 Å². The molecule has 1 atom stereocenters. The number of Topliss-reactive ketones (excluding diaryl/α,β-unsaturated/α-hetero) is 1. The third-order valence-corrected chi connectivity index (χ3v) is 3.14. The number of carbonyl (C=O) groups is 3. The van der Waals surface area contributed by atoms with E-state index < -0.39 is 29.5 Å². The molecule has 1 heterocycles. The van der Waals surface area contributed by atoms with Crippen LogP contribution in [0, 0.1) is 5.92 Å². The Balaban J connectivity index is 2.80. The number of nitrogens with one attached hydrogen (secondary N) is 1. The summed E-state index contributed by atoms with van der Waals surface area (Å²) in [5, 5.41) is 2.62. The second-order valence-electron chi connectivity index (χ2n) is 8.01. The number of hydrogen-bond acceptors (Lipinski definition) is 6. The normalized spacial score (nSPS) is 17.9. The maximum Gasteiger partial charge on any atom is 0.408 e. The standard InChI is InChI=1S/C18H29NO6/c1-11(2)8-13(19-16(22)25-17(3,4)5)14(20)9-12-10-15(21)24-18(6,7)23-12/h10-11,13H,8-9H2,1-7H3,(H,19,22)/t13-/m1/s1. The fourth-order valence-electron chi connectivity index (χ4n) is 2.34. The number of amides is 1. The first-order valence-electron chi connectivity index (χ1n) is 8.42. The van der Waals surface area contributed by atoms with Crippen molar-refractivity contribution in [3.05, 3.63) is 11.8 Å². The van der Waals surface area contributed by atoms with Crippen molar-refractivity contribution in [3.63, 3.8) is 0 Å². The van der Waals surface area contributed by atoms with Crippen LogP contribution in [0.1, 0.15) is 61.3 Å². The van der Waals surface area contributed by atoms with E-state index in [9.17, 15) is 14.4 Å². The summed E-state index contributed by atoms with van der Waals surface area (Å²) in [5.74, 6) is -1.51. The lowest BCUT2D eigenvalue weighted by Crippen LogP contribution is -2.44. The van der Waals surface area contributed by atoms with E-state index in [0.717, 1.165) is 6.08 Å². The lowest BCUT2D eigenvalue weighted by atomic mass is 9.98. The van der Waals surface area contributed by atoms with Crippen LogP contribution in [0.3, 0.4) is 0 Å². The molecule has 1 amide bonds. The second kappa shape index (κ2) is 7.89. The Morgan fingerprint density at radius 2 is 1.84 bits per heavy atom. The fraction of sp³-hybridized carbons (Fsp3) is 0.722. The summed E-state index contributed by atoms with van der Waals surface area (Å²) in [6.07, 6.45) is 0.860. The molecular formula is C18H29NO6. The van der Waals surface area contributed by atoms with E-state index in [1.54, 1.807) is 34.6 Å². The average Bonchev–Trinajstić information content (AvgIpc) is 2.31. The van der Waals surface area contributed by atoms with Gasteiger partial charge in [0.15, 0.2) is 5.78 Å². The summed E-state index contributed by atoms with van der Waals surface area (Å²) < 4.78 is 15.7. The first kappa shape index (κ1) is 21.0. The van der Waals surface area contributed by atoms with E-state index in [2.05, 4.69) is 5.32 Å². The molecule has 0 saturated heterocycles. The van der Waals surface area contributed by atoms with Crippen molar-refractivity contribution in [2.75, 3.05) is 0 Å². The number of esters is 1. The lowest BCUT2D eigenvalue weighted by molar-refractivity contribution is -0.205. The van der Waals surface area contributed by atoms with Crippen molar-refractivity contribution in [1.29, 1.82) is 0 Å². The molecule has 7 nitrogen and oxygen atoms in total. The minimum Gasteiger partial charge on any atom is -0.456 e. The molecule has 0 aromatic rings. The van der Waals surface area contributed by atoms with Gasteiger partial charge in [-0.15, -0.1) is 0 Å². The van der Waals surface area contributed by atoms with E-state index in [1.165, 1.54) is 0 Å². The molecule has 0 aromatic carbocycles. The molecule has 0 radical (unpaired) electrons. The summed E-state index contributed by atoms with van der Waals surface area (Å²) in [6.45, 7) is 12.3. The van der Waals surface area contributed by atoms with Crippen LogP contribution in [-0.4, -0.2) is 35.3 Å². The molecule has 1 aliphatic heterocycles. The van der Waals surface area contributed by atoms with E-state index in [4.69, 9.17) is 14.2 Å². The summed E-state index contributed by atoms with van der Waals surface area (Å²) >= 11 is 0. The van der Waals surface area contributed by atoms with Crippen LogP contribution >= 0.6 is 0 Å². The first-order chi connectivity index (χ1) is 11.3. The van der Waals surface area contributed by atoms with Gasteiger partial charge in [-0.1, -0.05) is 13.8 Å². The summed E-state index contributed by atoms with van der Waals surface area (Å²) in [5.41, 5.74) is -0.654. The van der Waals surface area contributed by atoms with Crippen molar-refractivity contribution in [2.45, 2.75) is 78.7 Å². The SMILES string of the molecule is CC(C)C[C@@H](NC(=O)OC(C)(C)C)C(=O)CC1=CC(=O)OC(C)(C)O1. The van der Waals surface area contributed by atoms with Crippen LogP contribution in [0.5, 0.6) is 0 Å². The van der Waals surface area contributed by atoms with E-state index in [1.807, 2.05) is 13.8 Å². The van der Waals surface area contributed by atoms with Crippen LogP contribution in [0.25, 0.3) is 0 Å². The molecule has 0 unspecified atom stereocenters. The zero-order valence-electron chi connectivity index (χ0n) is 16.1. The topological polar surface area (TPSA) is 90.9 Å². The van der Waals surface area contributed by atoms with E-state index >= 15 is 0 Å². The molecule has 1 aliphatic rings. The van der Waals surface area contributed by atoms with Crippen LogP contribution in [0.15, 0.2) is 11.8 Å². The van der Waals surface area contributed by atoms with Gasteiger partial charge >= 0.3 is 12.1 Å². The molecule has 0 aliphatic carbocycles.